The summed E-state index contributed by atoms with van der Waals surface area (Å²) < 4.78 is 5.21. The summed E-state index contributed by atoms with van der Waals surface area (Å²) in [5, 5.41) is 13.6. The molecule has 3 rings (SSSR count). The molecule has 0 atom stereocenters. The fourth-order valence-electron chi connectivity index (χ4n) is 2.29. The highest BCUT2D eigenvalue weighted by Gasteiger charge is 2.47. The predicted octanol–water partition coefficient (Wildman–Crippen LogP) is 2.33. The minimum atomic E-state index is -0.756. The molecule has 1 aliphatic carbocycles. The maximum absolute atomic E-state index is 10.9. The van der Waals surface area contributed by atoms with Crippen molar-refractivity contribution in [2.45, 2.75) is 24.7 Å². The van der Waals surface area contributed by atoms with Crippen LogP contribution in [0.5, 0.6) is 0 Å². The molecule has 82 valence electrons. The van der Waals surface area contributed by atoms with Gasteiger partial charge in [-0.3, -0.25) is 4.79 Å². The Kier molecular flexibility index (Phi) is 1.80. The van der Waals surface area contributed by atoms with Crippen LogP contribution in [0, 0.1) is 0 Å². The summed E-state index contributed by atoms with van der Waals surface area (Å²) in [6.07, 6.45) is 3.67. The summed E-state index contributed by atoms with van der Waals surface area (Å²) in [7, 11) is 0. The highest BCUT2D eigenvalue weighted by atomic mass is 16.5. The first-order valence-corrected chi connectivity index (χ1v) is 5.27. The molecule has 1 aromatic carbocycles. The summed E-state index contributed by atoms with van der Waals surface area (Å²) in [5.74, 6) is -0.756. The number of rotatable bonds is 3. The van der Waals surface area contributed by atoms with Crippen molar-refractivity contribution in [1.29, 1.82) is 0 Å². The number of nitrogens with zero attached hydrogens (tertiary/aromatic N) is 1. The molecule has 0 radical (unpaired) electrons. The summed E-state index contributed by atoms with van der Waals surface area (Å²) in [6.45, 7) is 0. The van der Waals surface area contributed by atoms with Crippen molar-refractivity contribution < 1.29 is 14.4 Å². The fourth-order valence-corrected chi connectivity index (χ4v) is 2.29. The smallest absolute Gasteiger partial charge is 0.304 e. The molecule has 1 aliphatic rings. The van der Waals surface area contributed by atoms with Crippen LogP contribution in [-0.2, 0) is 10.2 Å². The van der Waals surface area contributed by atoms with Crippen molar-refractivity contribution >= 4 is 16.9 Å². The monoisotopic (exact) mass is 217 g/mol. The zero-order valence-corrected chi connectivity index (χ0v) is 8.64. The number of fused-ring (bicyclic) bond motifs is 1. The summed E-state index contributed by atoms with van der Waals surface area (Å²) in [4.78, 5) is 10.9. The first kappa shape index (κ1) is 9.39. The lowest BCUT2D eigenvalue weighted by atomic mass is 9.91. The Hall–Kier alpha value is -1.84. The van der Waals surface area contributed by atoms with E-state index in [1.807, 2.05) is 18.2 Å². The molecule has 0 aliphatic heterocycles. The van der Waals surface area contributed by atoms with Crippen LogP contribution in [-0.4, -0.2) is 16.2 Å². The Bertz CT molecular complexity index is 554. The third kappa shape index (κ3) is 1.30. The third-order valence-electron chi connectivity index (χ3n) is 3.30. The molecule has 1 heterocycles. The van der Waals surface area contributed by atoms with Crippen LogP contribution in [0.3, 0.4) is 0 Å². The zero-order chi connectivity index (χ0) is 11.2. The van der Waals surface area contributed by atoms with Gasteiger partial charge in [0.05, 0.1) is 12.6 Å². The van der Waals surface area contributed by atoms with Gasteiger partial charge in [-0.1, -0.05) is 17.3 Å². The van der Waals surface area contributed by atoms with Crippen molar-refractivity contribution in [3.63, 3.8) is 0 Å². The molecule has 1 aromatic heterocycles. The number of carboxylic acids is 1. The van der Waals surface area contributed by atoms with Gasteiger partial charge in [0, 0.05) is 16.4 Å². The van der Waals surface area contributed by atoms with Crippen molar-refractivity contribution in [1.82, 2.24) is 5.16 Å². The van der Waals surface area contributed by atoms with E-state index in [1.54, 1.807) is 6.20 Å². The van der Waals surface area contributed by atoms with Crippen molar-refractivity contribution in [2.24, 2.45) is 0 Å². The molecule has 0 unspecified atom stereocenters. The van der Waals surface area contributed by atoms with Gasteiger partial charge < -0.3 is 9.63 Å². The van der Waals surface area contributed by atoms with E-state index in [-0.39, 0.29) is 11.8 Å². The molecular weight excluding hydrogens is 206 g/mol. The Labute approximate surface area is 91.9 Å². The largest absolute Gasteiger partial charge is 0.481 e. The van der Waals surface area contributed by atoms with Crippen LogP contribution in [0.4, 0.5) is 0 Å². The molecule has 4 nitrogen and oxygen atoms in total. The number of aromatic nitrogens is 1. The Morgan fingerprint density at radius 1 is 1.50 bits per heavy atom. The highest BCUT2D eigenvalue weighted by molar-refractivity contribution is 5.82. The van der Waals surface area contributed by atoms with E-state index in [9.17, 15) is 4.79 Å². The molecule has 0 spiro atoms. The number of aliphatic carboxylic acids is 1. The predicted molar refractivity (Wildman–Crippen MR) is 57.2 cm³/mol. The molecule has 0 amide bonds. The summed E-state index contributed by atoms with van der Waals surface area (Å²) >= 11 is 0. The average molecular weight is 217 g/mol. The average Bonchev–Trinajstić information content (AvgIpc) is 2.85. The third-order valence-corrected chi connectivity index (χ3v) is 3.30. The second-order valence-electron chi connectivity index (χ2n) is 4.40. The number of carbonyl (C=O) groups is 1. The molecule has 0 saturated heterocycles. The van der Waals surface area contributed by atoms with E-state index in [0.717, 1.165) is 29.4 Å². The van der Waals surface area contributed by atoms with E-state index in [1.165, 1.54) is 0 Å². The van der Waals surface area contributed by atoms with Crippen LogP contribution in [0.1, 0.15) is 24.8 Å². The maximum atomic E-state index is 10.9. The van der Waals surface area contributed by atoms with Crippen LogP contribution < -0.4 is 0 Å². The SMILES string of the molecule is O=C(O)CC1(c2cccc3cnoc23)CC1. The minimum absolute atomic E-state index is 0.173. The highest BCUT2D eigenvalue weighted by Crippen LogP contribution is 2.52. The van der Waals surface area contributed by atoms with Crippen LogP contribution in [0.2, 0.25) is 0 Å². The molecule has 0 bridgehead atoms. The van der Waals surface area contributed by atoms with Gasteiger partial charge in [-0.25, -0.2) is 0 Å². The molecule has 16 heavy (non-hydrogen) atoms. The van der Waals surface area contributed by atoms with Gasteiger partial charge >= 0.3 is 5.97 Å². The summed E-state index contributed by atoms with van der Waals surface area (Å²) in [5.41, 5.74) is 1.51. The van der Waals surface area contributed by atoms with E-state index in [0.29, 0.717) is 0 Å². The topological polar surface area (TPSA) is 63.3 Å². The second-order valence-corrected chi connectivity index (χ2v) is 4.40. The van der Waals surface area contributed by atoms with E-state index in [2.05, 4.69) is 5.16 Å². The standard InChI is InChI=1S/C12H11NO3/c14-10(15)6-12(4-5-12)9-3-1-2-8-7-13-16-11(8)9/h1-3,7H,4-6H2,(H,14,15). The first-order valence-electron chi connectivity index (χ1n) is 5.27. The number of para-hydroxylation sites is 1. The van der Waals surface area contributed by atoms with Gasteiger partial charge in [0.2, 0.25) is 0 Å². The lowest BCUT2D eigenvalue weighted by molar-refractivity contribution is -0.137. The van der Waals surface area contributed by atoms with E-state index < -0.39 is 5.97 Å². The lowest BCUT2D eigenvalue weighted by Crippen LogP contribution is -2.13. The quantitative estimate of drug-likeness (QED) is 0.857. The van der Waals surface area contributed by atoms with E-state index in [4.69, 9.17) is 9.63 Å². The van der Waals surface area contributed by atoms with Gasteiger partial charge in [0.1, 0.15) is 0 Å². The Morgan fingerprint density at radius 2 is 2.31 bits per heavy atom. The van der Waals surface area contributed by atoms with Crippen molar-refractivity contribution in [2.75, 3.05) is 0 Å². The zero-order valence-electron chi connectivity index (χ0n) is 8.64. The van der Waals surface area contributed by atoms with Gasteiger partial charge in [0.25, 0.3) is 0 Å². The number of benzene rings is 1. The Balaban J connectivity index is 2.12. The minimum Gasteiger partial charge on any atom is -0.481 e. The number of hydrogen-bond acceptors (Lipinski definition) is 3. The second kappa shape index (κ2) is 3.07. The first-order chi connectivity index (χ1) is 7.71. The lowest BCUT2D eigenvalue weighted by Gasteiger charge is -2.12. The molecular formula is C12H11NO3. The Morgan fingerprint density at radius 3 is 3.00 bits per heavy atom. The molecule has 2 aromatic rings. The maximum Gasteiger partial charge on any atom is 0.304 e. The van der Waals surface area contributed by atoms with Gasteiger partial charge in [-0.15, -0.1) is 0 Å². The molecule has 1 saturated carbocycles. The normalized spacial score (nSPS) is 17.5. The van der Waals surface area contributed by atoms with Crippen LogP contribution in [0.15, 0.2) is 28.9 Å². The summed E-state index contributed by atoms with van der Waals surface area (Å²) in [6, 6.07) is 5.80. The van der Waals surface area contributed by atoms with Gasteiger partial charge in [0.15, 0.2) is 5.58 Å². The van der Waals surface area contributed by atoms with E-state index >= 15 is 0 Å². The number of hydrogen-bond donors (Lipinski definition) is 1. The van der Waals surface area contributed by atoms with Crippen molar-refractivity contribution in [3.05, 3.63) is 30.0 Å². The number of carboxylic acid groups (broad SMARTS) is 1. The fraction of sp³-hybridized carbons (Fsp3) is 0.333. The molecule has 1 fully saturated rings. The molecule has 4 heteroatoms. The van der Waals surface area contributed by atoms with Gasteiger partial charge in [-0.05, 0) is 18.9 Å². The van der Waals surface area contributed by atoms with Crippen LogP contribution >= 0.6 is 0 Å². The van der Waals surface area contributed by atoms with Crippen LogP contribution in [0.25, 0.3) is 11.0 Å². The van der Waals surface area contributed by atoms with Crippen molar-refractivity contribution in [3.8, 4) is 0 Å². The molecule has 1 N–H and O–H groups in total. The van der Waals surface area contributed by atoms with Gasteiger partial charge in [-0.2, -0.15) is 0 Å².